The minimum atomic E-state index is -0.758. The lowest BCUT2D eigenvalue weighted by Gasteiger charge is -2.18. The highest BCUT2D eigenvalue weighted by atomic mass is 16.6. The summed E-state index contributed by atoms with van der Waals surface area (Å²) in [4.78, 5) is 37.3. The van der Waals surface area contributed by atoms with Gasteiger partial charge in [0.2, 0.25) is 0 Å². The molecule has 284 valence electrons. The lowest BCUT2D eigenvalue weighted by molar-refractivity contribution is -0.167. The van der Waals surface area contributed by atoms with Gasteiger partial charge in [0.15, 0.2) is 6.10 Å². The Labute approximate surface area is 298 Å². The maximum Gasteiger partial charge on any atom is 0.306 e. The van der Waals surface area contributed by atoms with Gasteiger partial charge in [0.1, 0.15) is 13.2 Å². The Morgan fingerprint density at radius 2 is 0.792 bits per heavy atom. The van der Waals surface area contributed by atoms with Crippen LogP contribution >= 0.6 is 0 Å². The molecule has 0 radical (unpaired) electrons. The zero-order valence-electron chi connectivity index (χ0n) is 32.6. The van der Waals surface area contributed by atoms with Gasteiger partial charge in [-0.25, -0.2) is 0 Å². The third-order valence-electron chi connectivity index (χ3n) is 9.58. The van der Waals surface area contributed by atoms with Crippen LogP contribution in [0.3, 0.4) is 0 Å². The number of rotatable bonds is 36. The second-order valence-corrected chi connectivity index (χ2v) is 15.0. The molecule has 6 heteroatoms. The summed E-state index contributed by atoms with van der Waals surface area (Å²) < 4.78 is 16.5. The van der Waals surface area contributed by atoms with E-state index in [1.165, 1.54) is 103 Å². The first kappa shape index (κ1) is 46.4. The molecule has 0 heterocycles. The molecule has 0 spiro atoms. The van der Waals surface area contributed by atoms with Crippen LogP contribution in [0, 0.1) is 11.8 Å². The SMILES string of the molecule is CCCCCCCC(=O)OC[C@H](COC(=O)CCCCCCCCCCCCC(C)CC)OC(=O)CCCCCCCCCCC(C)C. The van der Waals surface area contributed by atoms with Crippen LogP contribution in [0.1, 0.15) is 221 Å². The van der Waals surface area contributed by atoms with E-state index in [9.17, 15) is 14.4 Å². The van der Waals surface area contributed by atoms with Crippen molar-refractivity contribution in [2.45, 2.75) is 227 Å². The van der Waals surface area contributed by atoms with Crippen LogP contribution in [0.4, 0.5) is 0 Å². The Morgan fingerprint density at radius 3 is 1.19 bits per heavy atom. The van der Waals surface area contributed by atoms with Crippen LogP contribution in [0.5, 0.6) is 0 Å². The van der Waals surface area contributed by atoms with E-state index in [0.717, 1.165) is 76.0 Å². The average molecular weight is 681 g/mol. The van der Waals surface area contributed by atoms with Gasteiger partial charge in [-0.15, -0.1) is 0 Å². The van der Waals surface area contributed by atoms with E-state index >= 15 is 0 Å². The lowest BCUT2D eigenvalue weighted by Crippen LogP contribution is -2.30. The van der Waals surface area contributed by atoms with E-state index in [-0.39, 0.29) is 31.1 Å². The maximum atomic E-state index is 12.6. The van der Waals surface area contributed by atoms with Crippen LogP contribution in [0.2, 0.25) is 0 Å². The summed E-state index contributed by atoms with van der Waals surface area (Å²) in [5.74, 6) is 0.785. The maximum absolute atomic E-state index is 12.6. The Hall–Kier alpha value is -1.59. The molecule has 0 aromatic heterocycles. The summed E-state index contributed by atoms with van der Waals surface area (Å²) in [6, 6.07) is 0. The Bertz CT molecular complexity index is 736. The van der Waals surface area contributed by atoms with E-state index in [0.29, 0.717) is 19.3 Å². The van der Waals surface area contributed by atoms with Crippen molar-refractivity contribution in [1.82, 2.24) is 0 Å². The van der Waals surface area contributed by atoms with Gasteiger partial charge in [-0.3, -0.25) is 14.4 Å². The average Bonchev–Trinajstić information content (AvgIpc) is 3.06. The molecule has 0 aromatic rings. The second kappa shape index (κ2) is 35.2. The monoisotopic (exact) mass is 681 g/mol. The fourth-order valence-corrected chi connectivity index (χ4v) is 6.01. The fraction of sp³-hybridized carbons (Fsp3) is 0.929. The first-order chi connectivity index (χ1) is 23.3. The minimum absolute atomic E-state index is 0.0669. The molecule has 0 saturated heterocycles. The summed E-state index contributed by atoms with van der Waals surface area (Å²) in [6.45, 7) is 11.2. The number of carbonyl (C=O) groups excluding carboxylic acids is 3. The number of hydrogen-bond acceptors (Lipinski definition) is 6. The van der Waals surface area contributed by atoms with Crippen molar-refractivity contribution in [3.05, 3.63) is 0 Å². The molecule has 0 rings (SSSR count). The molecule has 0 bridgehead atoms. The highest BCUT2D eigenvalue weighted by molar-refractivity contribution is 5.71. The molecular weight excluding hydrogens is 600 g/mol. The van der Waals surface area contributed by atoms with Crippen molar-refractivity contribution < 1.29 is 28.6 Å². The van der Waals surface area contributed by atoms with Crippen LogP contribution in [0.15, 0.2) is 0 Å². The van der Waals surface area contributed by atoms with Crippen LogP contribution in [0.25, 0.3) is 0 Å². The van der Waals surface area contributed by atoms with Crippen LogP contribution in [-0.4, -0.2) is 37.2 Å². The second-order valence-electron chi connectivity index (χ2n) is 15.0. The predicted molar refractivity (Wildman–Crippen MR) is 201 cm³/mol. The molecule has 48 heavy (non-hydrogen) atoms. The standard InChI is InChI=1S/C42H80O6/c1-6-8-9-20-27-32-40(43)46-35-39(48-42(45)34-29-24-19-15-14-16-21-25-30-37(3)4)36-47-41(44)33-28-23-18-13-11-10-12-17-22-26-31-38(5)7-2/h37-39H,6-36H2,1-5H3/t38?,39-/m1/s1. The van der Waals surface area contributed by atoms with Gasteiger partial charge >= 0.3 is 17.9 Å². The quantitative estimate of drug-likeness (QED) is 0.0372. The van der Waals surface area contributed by atoms with Crippen molar-refractivity contribution in [3.8, 4) is 0 Å². The Balaban J connectivity index is 4.24. The largest absolute Gasteiger partial charge is 0.462 e. The molecule has 6 nitrogen and oxygen atoms in total. The van der Waals surface area contributed by atoms with E-state index in [2.05, 4.69) is 34.6 Å². The smallest absolute Gasteiger partial charge is 0.306 e. The molecule has 0 N–H and O–H groups in total. The summed E-state index contributed by atoms with van der Waals surface area (Å²) in [6.07, 6.45) is 31.1. The lowest BCUT2D eigenvalue weighted by atomic mass is 9.99. The molecule has 0 aromatic carbocycles. The summed E-state index contributed by atoms with van der Waals surface area (Å²) in [7, 11) is 0. The number of esters is 3. The normalized spacial score (nSPS) is 12.6. The first-order valence-corrected chi connectivity index (χ1v) is 20.8. The van der Waals surface area contributed by atoms with Gasteiger partial charge in [-0.05, 0) is 31.1 Å². The molecule has 2 atom stereocenters. The Morgan fingerprint density at radius 1 is 0.438 bits per heavy atom. The van der Waals surface area contributed by atoms with Gasteiger partial charge in [0, 0.05) is 19.3 Å². The molecule has 0 saturated carbocycles. The van der Waals surface area contributed by atoms with Crippen LogP contribution < -0.4 is 0 Å². The van der Waals surface area contributed by atoms with Crippen molar-refractivity contribution in [2.75, 3.05) is 13.2 Å². The van der Waals surface area contributed by atoms with Gasteiger partial charge in [-0.1, -0.05) is 182 Å². The third kappa shape index (κ3) is 34.3. The highest BCUT2D eigenvalue weighted by Crippen LogP contribution is 2.16. The zero-order chi connectivity index (χ0) is 35.5. The number of carbonyl (C=O) groups is 3. The molecular formula is C42H80O6. The highest BCUT2D eigenvalue weighted by Gasteiger charge is 2.19. The Kier molecular flexibility index (Phi) is 34.1. The first-order valence-electron chi connectivity index (χ1n) is 20.8. The van der Waals surface area contributed by atoms with Gasteiger partial charge in [0.05, 0.1) is 0 Å². The number of unbranched alkanes of at least 4 members (excludes halogenated alkanes) is 20. The van der Waals surface area contributed by atoms with Crippen molar-refractivity contribution >= 4 is 17.9 Å². The molecule has 0 aliphatic heterocycles. The van der Waals surface area contributed by atoms with E-state index < -0.39 is 6.10 Å². The topological polar surface area (TPSA) is 78.9 Å². The van der Waals surface area contributed by atoms with Gasteiger partial charge in [0.25, 0.3) is 0 Å². The molecule has 0 aliphatic carbocycles. The number of hydrogen-bond donors (Lipinski definition) is 0. The van der Waals surface area contributed by atoms with E-state index in [4.69, 9.17) is 14.2 Å². The van der Waals surface area contributed by atoms with Crippen molar-refractivity contribution in [1.29, 1.82) is 0 Å². The molecule has 0 amide bonds. The van der Waals surface area contributed by atoms with E-state index in [1.807, 2.05) is 0 Å². The van der Waals surface area contributed by atoms with E-state index in [1.54, 1.807) is 0 Å². The zero-order valence-corrected chi connectivity index (χ0v) is 32.6. The van der Waals surface area contributed by atoms with Crippen molar-refractivity contribution in [2.24, 2.45) is 11.8 Å². The third-order valence-corrected chi connectivity index (χ3v) is 9.58. The number of ether oxygens (including phenoxy) is 3. The van der Waals surface area contributed by atoms with Gasteiger partial charge in [-0.2, -0.15) is 0 Å². The summed E-state index contributed by atoms with van der Waals surface area (Å²) >= 11 is 0. The van der Waals surface area contributed by atoms with Crippen LogP contribution in [-0.2, 0) is 28.6 Å². The minimum Gasteiger partial charge on any atom is -0.462 e. The summed E-state index contributed by atoms with van der Waals surface area (Å²) in [5, 5.41) is 0. The summed E-state index contributed by atoms with van der Waals surface area (Å²) in [5.41, 5.74) is 0. The molecule has 0 aliphatic rings. The molecule has 0 fully saturated rings. The van der Waals surface area contributed by atoms with Gasteiger partial charge < -0.3 is 14.2 Å². The predicted octanol–water partition coefficient (Wildman–Crippen LogP) is 12.6. The van der Waals surface area contributed by atoms with Crippen molar-refractivity contribution in [3.63, 3.8) is 0 Å². The fourth-order valence-electron chi connectivity index (χ4n) is 6.01. The molecule has 1 unspecified atom stereocenters.